The third-order valence-corrected chi connectivity index (χ3v) is 5.08. The fourth-order valence-corrected chi connectivity index (χ4v) is 3.58. The Kier molecular flexibility index (Phi) is 11.8. The lowest BCUT2D eigenvalue weighted by atomic mass is 9.72. The molecule has 2 rings (SSSR count). The molecule has 0 bridgehead atoms. The summed E-state index contributed by atoms with van der Waals surface area (Å²) in [6.07, 6.45) is 12.8. The van der Waals surface area contributed by atoms with Crippen molar-refractivity contribution in [1.29, 1.82) is 0 Å². The molecule has 0 aromatic carbocycles. The molecule has 1 aliphatic rings. The van der Waals surface area contributed by atoms with Crippen molar-refractivity contribution in [2.24, 2.45) is 10.4 Å². The van der Waals surface area contributed by atoms with Crippen molar-refractivity contribution in [1.82, 2.24) is 25.4 Å². The minimum absolute atomic E-state index is 0. The van der Waals surface area contributed by atoms with Crippen LogP contribution in [0.1, 0.15) is 58.3 Å². The Morgan fingerprint density at radius 1 is 1.15 bits per heavy atom. The number of rotatable bonds is 10. The zero-order valence-electron chi connectivity index (χ0n) is 16.0. The number of aromatic nitrogens is 3. The van der Waals surface area contributed by atoms with Gasteiger partial charge >= 0.3 is 0 Å². The number of hydrogen-bond donors (Lipinski definition) is 3. The Morgan fingerprint density at radius 3 is 2.54 bits per heavy atom. The van der Waals surface area contributed by atoms with Gasteiger partial charge in [-0.15, -0.1) is 34.2 Å². The van der Waals surface area contributed by atoms with Gasteiger partial charge in [-0.25, -0.2) is 0 Å². The Balaban J connectivity index is 0.00000338. The summed E-state index contributed by atoms with van der Waals surface area (Å²) < 4.78 is 2.00. The first-order valence-electron chi connectivity index (χ1n) is 9.73. The Bertz CT molecular complexity index is 482. The highest BCUT2D eigenvalue weighted by Gasteiger charge is 2.31. The molecule has 0 spiro atoms. The highest BCUT2D eigenvalue weighted by Crippen LogP contribution is 2.39. The monoisotopic (exact) mass is 478 g/mol. The first kappa shape index (κ1) is 23.1. The van der Waals surface area contributed by atoms with Crippen LogP contribution in [0.15, 0.2) is 17.6 Å². The zero-order chi connectivity index (χ0) is 17.8. The topological polar surface area (TPSA) is 87.4 Å². The molecule has 1 heterocycles. The average Bonchev–Trinajstić information content (AvgIpc) is 3.14. The molecule has 26 heavy (non-hydrogen) atoms. The van der Waals surface area contributed by atoms with Crippen LogP contribution in [-0.4, -0.2) is 52.1 Å². The fraction of sp³-hybridized carbons (Fsp3) is 0.833. The summed E-state index contributed by atoms with van der Waals surface area (Å²) >= 11 is 0. The second-order valence-electron chi connectivity index (χ2n) is 7.06. The molecule has 0 atom stereocenters. The summed E-state index contributed by atoms with van der Waals surface area (Å²) in [5.74, 6) is 0.898. The molecular formula is C18H35IN6O. The van der Waals surface area contributed by atoms with Crippen molar-refractivity contribution in [2.45, 2.75) is 64.8 Å². The van der Waals surface area contributed by atoms with Crippen LogP contribution in [-0.2, 0) is 6.54 Å². The first-order chi connectivity index (χ1) is 12.3. The maximum atomic E-state index is 9.44. The zero-order valence-corrected chi connectivity index (χ0v) is 18.3. The molecule has 150 valence electrons. The van der Waals surface area contributed by atoms with Crippen molar-refractivity contribution in [3.63, 3.8) is 0 Å². The molecule has 7 nitrogen and oxygen atoms in total. The van der Waals surface area contributed by atoms with E-state index in [0.717, 1.165) is 51.4 Å². The van der Waals surface area contributed by atoms with Crippen LogP contribution in [0.4, 0.5) is 0 Å². The van der Waals surface area contributed by atoms with E-state index < -0.39 is 0 Å². The largest absolute Gasteiger partial charge is 0.396 e. The van der Waals surface area contributed by atoms with Crippen molar-refractivity contribution in [2.75, 3.05) is 26.2 Å². The molecule has 0 radical (unpaired) electrons. The summed E-state index contributed by atoms with van der Waals surface area (Å²) in [5, 5.41) is 23.8. The molecule has 0 saturated heterocycles. The third-order valence-electron chi connectivity index (χ3n) is 5.08. The molecule has 0 amide bonds. The summed E-state index contributed by atoms with van der Waals surface area (Å²) in [6, 6.07) is 0. The minimum Gasteiger partial charge on any atom is -0.396 e. The standard InChI is InChI=1S/C18H34N6O.HI/c1-2-19-17(20-11-6-7-12-24-15-22-23-16-24)21-14-18(10-13-25)8-4-3-5-9-18;/h15-16,25H,2-14H2,1H3,(H2,19,20,21);1H. The predicted octanol–water partition coefficient (Wildman–Crippen LogP) is 2.56. The molecule has 0 unspecified atom stereocenters. The molecule has 8 heteroatoms. The van der Waals surface area contributed by atoms with Gasteiger partial charge in [-0.2, -0.15) is 0 Å². The highest BCUT2D eigenvalue weighted by molar-refractivity contribution is 14.0. The van der Waals surface area contributed by atoms with Gasteiger partial charge in [0, 0.05) is 32.8 Å². The van der Waals surface area contributed by atoms with Crippen molar-refractivity contribution < 1.29 is 5.11 Å². The van der Waals surface area contributed by atoms with Gasteiger partial charge in [0.25, 0.3) is 0 Å². The SMILES string of the molecule is CCNC(=NCC1(CCO)CCCCC1)NCCCCn1cnnc1.I. The van der Waals surface area contributed by atoms with Gasteiger partial charge in [-0.1, -0.05) is 19.3 Å². The van der Waals surface area contributed by atoms with Crippen molar-refractivity contribution >= 4 is 29.9 Å². The van der Waals surface area contributed by atoms with Gasteiger partial charge in [0.05, 0.1) is 0 Å². The molecular weight excluding hydrogens is 443 g/mol. The first-order valence-corrected chi connectivity index (χ1v) is 9.73. The van der Waals surface area contributed by atoms with Crippen molar-refractivity contribution in [3.8, 4) is 0 Å². The number of aliphatic imine (C=N–C) groups is 1. The van der Waals surface area contributed by atoms with Crippen LogP contribution in [0.3, 0.4) is 0 Å². The van der Waals surface area contributed by atoms with E-state index in [1.54, 1.807) is 12.7 Å². The number of guanidine groups is 1. The number of aliphatic hydroxyl groups is 1. The number of unbranched alkanes of at least 4 members (excludes halogenated alkanes) is 1. The molecule has 1 aromatic heterocycles. The third kappa shape index (κ3) is 8.20. The summed E-state index contributed by atoms with van der Waals surface area (Å²) in [4.78, 5) is 4.83. The van der Waals surface area contributed by atoms with E-state index >= 15 is 0 Å². The van der Waals surface area contributed by atoms with Gasteiger partial charge in [0.2, 0.25) is 0 Å². The number of hydrogen-bond acceptors (Lipinski definition) is 4. The van der Waals surface area contributed by atoms with Gasteiger partial charge < -0.3 is 20.3 Å². The summed E-state index contributed by atoms with van der Waals surface area (Å²) in [6.45, 7) is 5.88. The van der Waals surface area contributed by atoms with E-state index in [4.69, 9.17) is 4.99 Å². The maximum Gasteiger partial charge on any atom is 0.191 e. The molecule has 1 fully saturated rings. The molecule has 1 aromatic rings. The van der Waals surface area contributed by atoms with E-state index in [1.807, 2.05) is 4.57 Å². The van der Waals surface area contributed by atoms with Crippen LogP contribution >= 0.6 is 24.0 Å². The number of nitrogens with zero attached hydrogens (tertiary/aromatic N) is 4. The van der Waals surface area contributed by atoms with E-state index in [9.17, 15) is 5.11 Å². The van der Waals surface area contributed by atoms with E-state index in [0.29, 0.717) is 0 Å². The second-order valence-corrected chi connectivity index (χ2v) is 7.06. The van der Waals surface area contributed by atoms with E-state index in [1.165, 1.54) is 32.1 Å². The maximum absolute atomic E-state index is 9.44. The quantitative estimate of drug-likeness (QED) is 0.208. The van der Waals surface area contributed by atoms with Gasteiger partial charge in [-0.05, 0) is 44.4 Å². The number of aliphatic hydroxyl groups excluding tert-OH is 1. The van der Waals surface area contributed by atoms with Crippen LogP contribution in [0, 0.1) is 5.41 Å². The summed E-state index contributed by atoms with van der Waals surface area (Å²) in [7, 11) is 0. The smallest absolute Gasteiger partial charge is 0.191 e. The van der Waals surface area contributed by atoms with Crippen LogP contribution in [0.5, 0.6) is 0 Å². The van der Waals surface area contributed by atoms with Gasteiger partial charge in [0.1, 0.15) is 12.7 Å². The molecule has 1 aliphatic carbocycles. The predicted molar refractivity (Wildman–Crippen MR) is 116 cm³/mol. The van der Waals surface area contributed by atoms with Crippen LogP contribution in [0.25, 0.3) is 0 Å². The molecule has 1 saturated carbocycles. The minimum atomic E-state index is 0. The second kappa shape index (κ2) is 13.3. The molecule has 0 aliphatic heterocycles. The number of halogens is 1. The lowest BCUT2D eigenvalue weighted by molar-refractivity contribution is 0.137. The van der Waals surface area contributed by atoms with E-state index in [2.05, 4.69) is 27.8 Å². The normalized spacial score (nSPS) is 16.8. The van der Waals surface area contributed by atoms with Gasteiger partial charge in [-0.3, -0.25) is 4.99 Å². The van der Waals surface area contributed by atoms with E-state index in [-0.39, 0.29) is 36.0 Å². The summed E-state index contributed by atoms with van der Waals surface area (Å²) in [5.41, 5.74) is 0.198. The van der Waals surface area contributed by atoms with Crippen LogP contribution < -0.4 is 10.6 Å². The lowest BCUT2D eigenvalue weighted by Crippen LogP contribution is -2.39. The Labute approximate surface area is 174 Å². The Morgan fingerprint density at radius 2 is 1.88 bits per heavy atom. The molecule has 3 N–H and O–H groups in total. The van der Waals surface area contributed by atoms with Crippen LogP contribution in [0.2, 0.25) is 0 Å². The average molecular weight is 478 g/mol. The highest BCUT2D eigenvalue weighted by atomic mass is 127. The number of aryl methyl sites for hydroxylation is 1. The van der Waals surface area contributed by atoms with Crippen molar-refractivity contribution in [3.05, 3.63) is 12.7 Å². The fourth-order valence-electron chi connectivity index (χ4n) is 3.58. The lowest BCUT2D eigenvalue weighted by Gasteiger charge is -2.35. The Hall–Kier alpha value is -0.900. The number of nitrogens with one attached hydrogen (secondary N) is 2. The van der Waals surface area contributed by atoms with Gasteiger partial charge in [0.15, 0.2) is 5.96 Å².